The molecule has 0 aromatic heterocycles. The first kappa shape index (κ1) is 13.0. The van der Waals surface area contributed by atoms with Crippen molar-refractivity contribution in [1.82, 2.24) is 0 Å². The number of hydrogen-bond acceptors (Lipinski definition) is 0. The van der Waals surface area contributed by atoms with Crippen molar-refractivity contribution < 1.29 is 4.48 Å². The van der Waals surface area contributed by atoms with Crippen molar-refractivity contribution in [1.29, 1.82) is 0 Å². The quantitative estimate of drug-likeness (QED) is 0.484. The van der Waals surface area contributed by atoms with E-state index in [2.05, 4.69) is 50.8 Å². The Bertz CT molecular complexity index is 298. The third-order valence-electron chi connectivity index (χ3n) is 3.51. The van der Waals surface area contributed by atoms with Crippen LogP contribution in [-0.4, -0.2) is 24.1 Å². The van der Waals surface area contributed by atoms with Gasteiger partial charge in [0.15, 0.2) is 0 Å². The molecule has 0 bridgehead atoms. The molecule has 16 heavy (non-hydrogen) atoms. The predicted octanol–water partition coefficient (Wildman–Crippen LogP) is 3.62. The summed E-state index contributed by atoms with van der Waals surface area (Å²) in [5.41, 5.74) is 1.44. The molecule has 1 aromatic carbocycles. The lowest BCUT2D eigenvalue weighted by Gasteiger charge is -2.36. The van der Waals surface area contributed by atoms with Gasteiger partial charge in [-0.05, 0) is 13.8 Å². The monoisotopic (exact) mass is 218 g/mol. The normalized spacial score (nSPS) is 11.4. The van der Waals surface area contributed by atoms with Crippen LogP contribution >= 0.6 is 0 Å². The minimum atomic E-state index is 1.11. The highest BCUT2D eigenvalue weighted by atomic mass is 15.3. The van der Waals surface area contributed by atoms with Crippen LogP contribution in [0.2, 0.25) is 0 Å². The second-order valence-electron chi connectivity index (χ2n) is 4.42. The van der Waals surface area contributed by atoms with Crippen molar-refractivity contribution in [3.8, 4) is 0 Å². The molecule has 1 nitrogen and oxygen atoms in total. The molecule has 0 amide bonds. The Morgan fingerprint density at radius 2 is 1.75 bits per heavy atom. The molecule has 1 aromatic rings. The largest absolute Gasteiger partial charge is 0.320 e. The first-order chi connectivity index (χ1) is 7.76. The van der Waals surface area contributed by atoms with Gasteiger partial charge in [0, 0.05) is 12.0 Å². The summed E-state index contributed by atoms with van der Waals surface area (Å²) in [6.07, 6.45) is 3.14. The summed E-state index contributed by atoms with van der Waals surface area (Å²) >= 11 is 0. The van der Waals surface area contributed by atoms with Gasteiger partial charge in [0.25, 0.3) is 0 Å². The number of nitrogens with zero attached hydrogens (tertiary/aromatic N) is 1. The third kappa shape index (κ3) is 3.49. The predicted molar refractivity (Wildman–Crippen MR) is 71.2 cm³/mol. The fourth-order valence-corrected chi connectivity index (χ4v) is 2.18. The van der Waals surface area contributed by atoms with Gasteiger partial charge in [0.05, 0.1) is 19.6 Å². The number of rotatable bonds is 7. The van der Waals surface area contributed by atoms with Gasteiger partial charge in [-0.2, -0.15) is 0 Å². The van der Waals surface area contributed by atoms with Gasteiger partial charge in [0.2, 0.25) is 0 Å². The number of quaternary nitrogens is 1. The van der Waals surface area contributed by atoms with Crippen LogP contribution in [0.25, 0.3) is 0 Å². The van der Waals surface area contributed by atoms with Gasteiger partial charge in [-0.1, -0.05) is 36.4 Å². The smallest absolute Gasteiger partial charge is 0.104 e. The van der Waals surface area contributed by atoms with Crippen molar-refractivity contribution >= 4 is 0 Å². The van der Waals surface area contributed by atoms with E-state index in [4.69, 9.17) is 0 Å². The zero-order valence-corrected chi connectivity index (χ0v) is 10.7. The Morgan fingerprint density at radius 3 is 2.25 bits per heavy atom. The average molecular weight is 218 g/mol. The van der Waals surface area contributed by atoms with Crippen molar-refractivity contribution in [2.45, 2.75) is 26.8 Å². The van der Waals surface area contributed by atoms with Crippen LogP contribution in [0.3, 0.4) is 0 Å². The van der Waals surface area contributed by atoms with Gasteiger partial charge < -0.3 is 4.48 Å². The van der Waals surface area contributed by atoms with E-state index in [1.165, 1.54) is 25.2 Å². The van der Waals surface area contributed by atoms with E-state index < -0.39 is 0 Å². The second-order valence-corrected chi connectivity index (χ2v) is 4.42. The molecule has 1 heteroatoms. The summed E-state index contributed by atoms with van der Waals surface area (Å²) in [6.45, 7) is 13.1. The molecular weight excluding hydrogens is 194 g/mol. The molecule has 0 aliphatic rings. The van der Waals surface area contributed by atoms with E-state index in [0.29, 0.717) is 0 Å². The second kappa shape index (κ2) is 6.49. The Labute approximate surface area is 100.0 Å². The van der Waals surface area contributed by atoms with Crippen LogP contribution in [0.5, 0.6) is 0 Å². The van der Waals surface area contributed by atoms with Crippen LogP contribution in [0.1, 0.15) is 25.8 Å². The molecule has 0 radical (unpaired) electrons. The SMILES string of the molecule is C=CCC[N+](CC)(CC)Cc1ccccc1. The highest BCUT2D eigenvalue weighted by Crippen LogP contribution is 2.15. The zero-order valence-electron chi connectivity index (χ0n) is 10.7. The van der Waals surface area contributed by atoms with Crippen molar-refractivity contribution in [3.63, 3.8) is 0 Å². The van der Waals surface area contributed by atoms with Crippen molar-refractivity contribution in [3.05, 3.63) is 48.6 Å². The molecular formula is C15H24N+. The van der Waals surface area contributed by atoms with Crippen LogP contribution in [0.15, 0.2) is 43.0 Å². The topological polar surface area (TPSA) is 0 Å². The van der Waals surface area contributed by atoms with Gasteiger partial charge in [-0.15, -0.1) is 6.58 Å². The summed E-state index contributed by atoms with van der Waals surface area (Å²) in [6, 6.07) is 10.8. The molecule has 88 valence electrons. The molecule has 0 fully saturated rings. The Kier molecular flexibility index (Phi) is 5.27. The summed E-state index contributed by atoms with van der Waals surface area (Å²) in [4.78, 5) is 0. The standard InChI is InChI=1S/C15H24N/c1-4-7-13-16(5-2,6-3)14-15-11-9-8-10-12-15/h4,8-12H,1,5-7,13-14H2,2-3H3/q+1. The maximum absolute atomic E-state index is 3.83. The summed E-state index contributed by atoms with van der Waals surface area (Å²) in [5, 5.41) is 0. The molecule has 0 atom stereocenters. The molecule has 0 aliphatic heterocycles. The minimum absolute atomic E-state index is 1.11. The summed E-state index contributed by atoms with van der Waals surface area (Å²) in [7, 11) is 0. The van der Waals surface area contributed by atoms with Crippen molar-refractivity contribution in [2.75, 3.05) is 19.6 Å². The highest BCUT2D eigenvalue weighted by Gasteiger charge is 2.22. The van der Waals surface area contributed by atoms with Crippen LogP contribution in [0, 0.1) is 0 Å². The summed E-state index contributed by atoms with van der Waals surface area (Å²) < 4.78 is 1.16. The molecule has 0 unspecified atom stereocenters. The lowest BCUT2D eigenvalue weighted by Crippen LogP contribution is -2.47. The Morgan fingerprint density at radius 1 is 1.12 bits per heavy atom. The number of benzene rings is 1. The van der Waals surface area contributed by atoms with Gasteiger partial charge >= 0.3 is 0 Å². The van der Waals surface area contributed by atoms with Crippen LogP contribution in [0.4, 0.5) is 0 Å². The lowest BCUT2D eigenvalue weighted by atomic mass is 10.1. The Balaban J connectivity index is 2.73. The minimum Gasteiger partial charge on any atom is -0.320 e. The molecule has 0 saturated heterocycles. The van der Waals surface area contributed by atoms with Crippen molar-refractivity contribution in [2.24, 2.45) is 0 Å². The molecule has 0 N–H and O–H groups in total. The van der Waals surface area contributed by atoms with Gasteiger partial charge in [-0.25, -0.2) is 0 Å². The fraction of sp³-hybridized carbons (Fsp3) is 0.467. The highest BCUT2D eigenvalue weighted by molar-refractivity contribution is 5.13. The van der Waals surface area contributed by atoms with E-state index in [1.54, 1.807) is 0 Å². The molecule has 0 aliphatic carbocycles. The van der Waals surface area contributed by atoms with E-state index in [1.807, 2.05) is 6.08 Å². The molecule has 0 heterocycles. The zero-order chi connectivity index (χ0) is 11.9. The lowest BCUT2D eigenvalue weighted by molar-refractivity contribution is -0.937. The van der Waals surface area contributed by atoms with Gasteiger partial charge in [-0.3, -0.25) is 0 Å². The van der Waals surface area contributed by atoms with Gasteiger partial charge in [0.1, 0.15) is 6.54 Å². The first-order valence-electron chi connectivity index (χ1n) is 6.26. The third-order valence-corrected chi connectivity index (χ3v) is 3.51. The van der Waals surface area contributed by atoms with E-state index >= 15 is 0 Å². The first-order valence-corrected chi connectivity index (χ1v) is 6.26. The van der Waals surface area contributed by atoms with E-state index in [0.717, 1.165) is 17.4 Å². The number of hydrogen-bond donors (Lipinski definition) is 0. The molecule has 0 spiro atoms. The Hall–Kier alpha value is -1.08. The molecule has 1 rings (SSSR count). The average Bonchev–Trinajstić information content (AvgIpc) is 2.36. The van der Waals surface area contributed by atoms with E-state index in [9.17, 15) is 0 Å². The van der Waals surface area contributed by atoms with Crippen LogP contribution in [-0.2, 0) is 6.54 Å². The molecule has 0 saturated carbocycles. The maximum Gasteiger partial charge on any atom is 0.104 e. The fourth-order valence-electron chi connectivity index (χ4n) is 2.18. The van der Waals surface area contributed by atoms with E-state index in [-0.39, 0.29) is 0 Å². The summed E-state index contributed by atoms with van der Waals surface area (Å²) in [5.74, 6) is 0. The maximum atomic E-state index is 3.83. The van der Waals surface area contributed by atoms with Crippen LogP contribution < -0.4 is 0 Å².